The van der Waals surface area contributed by atoms with Gasteiger partial charge in [-0.25, -0.2) is 0 Å². The molecule has 3 aromatic rings. The molecule has 2 aromatic heterocycles. The van der Waals surface area contributed by atoms with Crippen LogP contribution in [-0.2, 0) is 7.05 Å². The molecule has 0 bridgehead atoms. The van der Waals surface area contributed by atoms with Gasteiger partial charge in [0.15, 0.2) is 0 Å². The number of para-hydroxylation sites is 1. The van der Waals surface area contributed by atoms with Crippen molar-refractivity contribution in [2.45, 2.75) is 0 Å². The number of rotatable bonds is 1. The molecule has 2 N–H and O–H groups in total. The average Bonchev–Trinajstić information content (AvgIpc) is 2.84. The second kappa shape index (κ2) is 3.13. The predicted molar refractivity (Wildman–Crippen MR) is 63.3 cm³/mol. The van der Waals surface area contributed by atoms with Gasteiger partial charge in [0, 0.05) is 35.8 Å². The van der Waals surface area contributed by atoms with E-state index in [4.69, 9.17) is 0 Å². The molecule has 80 valence electrons. The van der Waals surface area contributed by atoms with E-state index in [1.165, 1.54) is 0 Å². The van der Waals surface area contributed by atoms with Gasteiger partial charge in [-0.15, -0.1) is 0 Å². The van der Waals surface area contributed by atoms with Crippen LogP contribution in [0, 0.1) is 0 Å². The van der Waals surface area contributed by atoms with E-state index in [-0.39, 0.29) is 5.56 Å². The molecule has 0 unspecified atom stereocenters. The molecular weight excluding hydrogens is 202 g/mol. The van der Waals surface area contributed by atoms with Crippen molar-refractivity contribution in [2.24, 2.45) is 7.05 Å². The molecule has 0 spiro atoms. The van der Waals surface area contributed by atoms with Crippen LogP contribution in [0.15, 0.2) is 41.3 Å². The fraction of sp³-hybridized carbons (Fsp3) is 0.0833. The van der Waals surface area contributed by atoms with Crippen LogP contribution >= 0.6 is 0 Å². The number of aromatic amines is 2. The summed E-state index contributed by atoms with van der Waals surface area (Å²) in [4.78, 5) is 11.1. The molecule has 16 heavy (non-hydrogen) atoms. The van der Waals surface area contributed by atoms with E-state index in [2.05, 4.69) is 26.9 Å². The first-order valence-corrected chi connectivity index (χ1v) is 5.08. The Bertz CT molecular complexity index is 702. The third-order valence-electron chi connectivity index (χ3n) is 2.78. The summed E-state index contributed by atoms with van der Waals surface area (Å²) in [5.74, 6) is 0. The summed E-state index contributed by atoms with van der Waals surface area (Å²) in [5.41, 5.74) is 2.90. The largest absolute Gasteiger partial charge is 0.350 e. The monoisotopic (exact) mass is 213 g/mol. The molecule has 4 nitrogen and oxygen atoms in total. The predicted octanol–water partition coefficient (Wildman–Crippen LogP) is 1.86. The fourth-order valence-corrected chi connectivity index (χ4v) is 2.03. The molecule has 0 radical (unpaired) electrons. The Morgan fingerprint density at radius 1 is 1.19 bits per heavy atom. The van der Waals surface area contributed by atoms with E-state index < -0.39 is 0 Å². The van der Waals surface area contributed by atoms with Gasteiger partial charge in [0.2, 0.25) is 0 Å². The number of H-pyrrole nitrogens is 2. The molecule has 0 saturated heterocycles. The number of aryl methyl sites for hydroxylation is 1. The first kappa shape index (κ1) is 9.03. The van der Waals surface area contributed by atoms with E-state index >= 15 is 0 Å². The van der Waals surface area contributed by atoms with Gasteiger partial charge < -0.3 is 4.57 Å². The molecular formula is C12H11N3O. The van der Waals surface area contributed by atoms with Gasteiger partial charge in [-0.05, 0) is 6.07 Å². The maximum atomic E-state index is 11.1. The summed E-state index contributed by atoms with van der Waals surface area (Å²) < 4.78 is 2.05. The third kappa shape index (κ3) is 1.20. The number of nitrogens with zero attached hydrogens (tertiary/aromatic N) is 1. The highest BCUT2D eigenvalue weighted by Gasteiger charge is 2.09. The fourth-order valence-electron chi connectivity index (χ4n) is 2.03. The second-order valence-electron chi connectivity index (χ2n) is 3.84. The Kier molecular flexibility index (Phi) is 1.77. The van der Waals surface area contributed by atoms with Crippen molar-refractivity contribution in [2.75, 3.05) is 0 Å². The lowest BCUT2D eigenvalue weighted by Gasteiger charge is -1.94. The second-order valence-corrected chi connectivity index (χ2v) is 3.84. The number of benzene rings is 1. The van der Waals surface area contributed by atoms with Gasteiger partial charge in [-0.3, -0.25) is 15.0 Å². The lowest BCUT2D eigenvalue weighted by molar-refractivity contribution is 0.968. The highest BCUT2D eigenvalue weighted by atomic mass is 16.1. The van der Waals surface area contributed by atoms with Crippen molar-refractivity contribution < 1.29 is 0 Å². The van der Waals surface area contributed by atoms with Crippen LogP contribution in [0.5, 0.6) is 0 Å². The molecule has 0 fully saturated rings. The van der Waals surface area contributed by atoms with Crippen LogP contribution in [0.4, 0.5) is 0 Å². The molecule has 2 heterocycles. The van der Waals surface area contributed by atoms with Crippen LogP contribution in [0.2, 0.25) is 0 Å². The van der Waals surface area contributed by atoms with Crippen molar-refractivity contribution in [1.82, 2.24) is 14.8 Å². The first-order valence-electron chi connectivity index (χ1n) is 5.08. The molecule has 3 rings (SSSR count). The van der Waals surface area contributed by atoms with Gasteiger partial charge in [-0.2, -0.15) is 0 Å². The van der Waals surface area contributed by atoms with E-state index in [0.29, 0.717) is 0 Å². The average molecular weight is 213 g/mol. The molecule has 0 aliphatic heterocycles. The number of nitrogens with one attached hydrogen (secondary N) is 2. The maximum Gasteiger partial charge on any atom is 0.264 e. The summed E-state index contributed by atoms with van der Waals surface area (Å²) in [6.07, 6.45) is 2.02. The number of aromatic nitrogens is 3. The minimum Gasteiger partial charge on any atom is -0.350 e. The van der Waals surface area contributed by atoms with E-state index in [0.717, 1.165) is 22.2 Å². The lowest BCUT2D eigenvalue weighted by atomic mass is 10.1. The first-order chi connectivity index (χ1) is 7.75. The van der Waals surface area contributed by atoms with Crippen molar-refractivity contribution >= 4 is 10.9 Å². The Morgan fingerprint density at radius 2 is 2.00 bits per heavy atom. The van der Waals surface area contributed by atoms with Crippen LogP contribution in [-0.4, -0.2) is 14.8 Å². The van der Waals surface area contributed by atoms with Crippen molar-refractivity contribution in [1.29, 1.82) is 0 Å². The summed E-state index contributed by atoms with van der Waals surface area (Å²) in [7, 11) is 2.00. The molecule has 0 amide bonds. The normalized spacial score (nSPS) is 11.1. The van der Waals surface area contributed by atoms with Crippen LogP contribution in [0.25, 0.3) is 22.2 Å². The van der Waals surface area contributed by atoms with Gasteiger partial charge >= 0.3 is 0 Å². The van der Waals surface area contributed by atoms with E-state index in [9.17, 15) is 4.79 Å². The lowest BCUT2D eigenvalue weighted by Crippen LogP contribution is -1.93. The van der Waals surface area contributed by atoms with Crippen LogP contribution in [0.3, 0.4) is 0 Å². The van der Waals surface area contributed by atoms with Crippen molar-refractivity contribution in [3.8, 4) is 11.3 Å². The summed E-state index contributed by atoms with van der Waals surface area (Å²) in [6, 6.07) is 9.68. The Labute approximate surface area is 91.5 Å². The van der Waals surface area contributed by atoms with E-state index in [1.54, 1.807) is 6.07 Å². The molecule has 4 heteroatoms. The maximum absolute atomic E-state index is 11.1. The Hall–Kier alpha value is -2.23. The zero-order valence-electron chi connectivity index (χ0n) is 8.82. The number of hydrogen-bond donors (Lipinski definition) is 2. The molecule has 0 aliphatic rings. The number of fused-ring (bicyclic) bond motifs is 1. The Morgan fingerprint density at radius 3 is 2.75 bits per heavy atom. The van der Waals surface area contributed by atoms with E-state index in [1.807, 2.05) is 25.4 Å². The minimum atomic E-state index is -0.108. The molecule has 1 aromatic carbocycles. The topological polar surface area (TPSA) is 53.6 Å². The van der Waals surface area contributed by atoms with Crippen molar-refractivity contribution in [3.63, 3.8) is 0 Å². The molecule has 0 atom stereocenters. The van der Waals surface area contributed by atoms with Gasteiger partial charge in [0.25, 0.3) is 5.56 Å². The van der Waals surface area contributed by atoms with Crippen molar-refractivity contribution in [3.05, 3.63) is 46.9 Å². The highest BCUT2D eigenvalue weighted by molar-refractivity contribution is 5.94. The molecule has 0 aliphatic carbocycles. The zero-order chi connectivity index (χ0) is 11.1. The van der Waals surface area contributed by atoms with Crippen LogP contribution < -0.4 is 5.56 Å². The minimum absolute atomic E-state index is 0.108. The smallest absolute Gasteiger partial charge is 0.264 e. The quantitative estimate of drug-likeness (QED) is 0.637. The third-order valence-corrected chi connectivity index (χ3v) is 2.78. The summed E-state index contributed by atoms with van der Waals surface area (Å²) in [6.45, 7) is 0. The number of hydrogen-bond acceptors (Lipinski definition) is 1. The van der Waals surface area contributed by atoms with Crippen LogP contribution in [0.1, 0.15) is 0 Å². The molecule has 0 saturated carbocycles. The standard InChI is InChI=1S/C12H11N3O/c1-15-7-9(10-6-12(16)14-13-10)8-4-2-3-5-11(8)15/h2-7H,1H3,(H2,13,14,16). The SMILES string of the molecule is Cn1cc(-c2cc(=O)[nH][nH]2)c2ccccc21. The zero-order valence-corrected chi connectivity index (χ0v) is 8.82. The Balaban J connectivity index is 2.36. The van der Waals surface area contributed by atoms with Gasteiger partial charge in [0.05, 0.1) is 5.69 Å². The summed E-state index contributed by atoms with van der Waals surface area (Å²) >= 11 is 0. The summed E-state index contributed by atoms with van der Waals surface area (Å²) in [5, 5.41) is 6.57. The van der Waals surface area contributed by atoms with Gasteiger partial charge in [-0.1, -0.05) is 18.2 Å². The van der Waals surface area contributed by atoms with Gasteiger partial charge in [0.1, 0.15) is 0 Å². The highest BCUT2D eigenvalue weighted by Crippen LogP contribution is 2.27.